The van der Waals surface area contributed by atoms with E-state index in [-0.39, 0.29) is 30.8 Å². The second-order valence-corrected chi connectivity index (χ2v) is 6.59. The average Bonchev–Trinajstić information content (AvgIpc) is 2.76. The quantitative estimate of drug-likeness (QED) is 0.618. The fourth-order valence-electron chi connectivity index (χ4n) is 2.66. The summed E-state index contributed by atoms with van der Waals surface area (Å²) in [5, 5.41) is 0. The van der Waals surface area contributed by atoms with Crippen LogP contribution in [0.25, 0.3) is 0 Å². The molecule has 23 heavy (non-hydrogen) atoms. The van der Waals surface area contributed by atoms with E-state index >= 15 is 0 Å². The molecule has 0 N–H and O–H groups in total. The molecule has 1 aromatic rings. The number of carbonyl (C=O) groups excluding carboxylic acids is 3. The lowest BCUT2D eigenvalue weighted by Crippen LogP contribution is -2.46. The molecule has 0 aliphatic carbocycles. The molecule has 2 unspecified atom stereocenters. The van der Waals surface area contributed by atoms with Crippen LogP contribution in [0.5, 0.6) is 0 Å². The number of rotatable bonds is 5. The summed E-state index contributed by atoms with van der Waals surface area (Å²) in [6.45, 7) is 7.26. The summed E-state index contributed by atoms with van der Waals surface area (Å²) >= 11 is 0. The summed E-state index contributed by atoms with van der Waals surface area (Å²) in [5.74, 6) is -1.14. The topological polar surface area (TPSA) is 63.7 Å². The van der Waals surface area contributed by atoms with Crippen molar-refractivity contribution in [3.8, 4) is 0 Å². The minimum Gasteiger partial charge on any atom is -0.459 e. The molecule has 0 radical (unpaired) electrons. The fraction of sp³-hybridized carbons (Fsp3) is 0.500. The van der Waals surface area contributed by atoms with Crippen molar-refractivity contribution >= 4 is 17.8 Å². The summed E-state index contributed by atoms with van der Waals surface area (Å²) in [5.41, 5.74) is 0.115. The molecule has 2 amide bonds. The molecule has 0 saturated carbocycles. The molecule has 1 aliphatic rings. The first-order chi connectivity index (χ1) is 10.8. The van der Waals surface area contributed by atoms with Crippen molar-refractivity contribution < 1.29 is 19.1 Å². The van der Waals surface area contributed by atoms with Gasteiger partial charge in [0.1, 0.15) is 12.6 Å². The number of amides is 2. The van der Waals surface area contributed by atoms with E-state index in [0.717, 1.165) is 10.5 Å². The summed E-state index contributed by atoms with van der Waals surface area (Å²) in [4.78, 5) is 38.1. The molecule has 124 valence electrons. The van der Waals surface area contributed by atoms with Crippen molar-refractivity contribution in [3.05, 3.63) is 35.9 Å². The van der Waals surface area contributed by atoms with Crippen LogP contribution < -0.4 is 0 Å². The van der Waals surface area contributed by atoms with Crippen molar-refractivity contribution in [2.45, 2.75) is 46.8 Å². The number of esters is 1. The number of nitrogens with zero attached hydrogens (tertiary/aromatic N) is 1. The van der Waals surface area contributed by atoms with E-state index in [2.05, 4.69) is 0 Å². The number of hydrogen-bond donors (Lipinski definition) is 0. The number of likely N-dealkylation sites (tertiary alicyclic amines) is 1. The Morgan fingerprint density at radius 3 is 2.35 bits per heavy atom. The van der Waals surface area contributed by atoms with Crippen molar-refractivity contribution in [1.29, 1.82) is 0 Å². The summed E-state index contributed by atoms with van der Waals surface area (Å²) in [7, 11) is 0. The minimum atomic E-state index is -0.903. The third kappa shape index (κ3) is 3.28. The largest absolute Gasteiger partial charge is 0.459 e. The molecule has 0 aromatic heterocycles. The highest BCUT2D eigenvalue weighted by Crippen LogP contribution is 2.40. The Bertz CT molecular complexity index is 611. The van der Waals surface area contributed by atoms with Gasteiger partial charge in [-0.05, 0) is 25.3 Å². The minimum absolute atomic E-state index is 0.0245. The molecule has 2 rings (SSSR count). The maximum atomic E-state index is 12.6. The molecule has 1 aromatic carbocycles. The van der Waals surface area contributed by atoms with Crippen LogP contribution in [0.4, 0.5) is 0 Å². The Hall–Kier alpha value is -2.17. The van der Waals surface area contributed by atoms with Gasteiger partial charge in [-0.3, -0.25) is 14.5 Å². The zero-order valence-corrected chi connectivity index (χ0v) is 14.0. The van der Waals surface area contributed by atoms with Crippen LogP contribution in [0.3, 0.4) is 0 Å². The van der Waals surface area contributed by atoms with E-state index in [9.17, 15) is 14.4 Å². The number of carbonyl (C=O) groups is 3. The average molecular weight is 317 g/mol. The van der Waals surface area contributed by atoms with Gasteiger partial charge in [0.15, 0.2) is 0 Å². The van der Waals surface area contributed by atoms with Gasteiger partial charge in [-0.2, -0.15) is 0 Å². The molecule has 1 fully saturated rings. The molecule has 5 heteroatoms. The van der Waals surface area contributed by atoms with Gasteiger partial charge in [0.05, 0.1) is 5.41 Å². The predicted octanol–water partition coefficient (Wildman–Crippen LogP) is 2.54. The van der Waals surface area contributed by atoms with Crippen LogP contribution in [0.1, 0.15) is 39.7 Å². The van der Waals surface area contributed by atoms with Crippen molar-refractivity contribution in [2.75, 3.05) is 0 Å². The zero-order valence-electron chi connectivity index (χ0n) is 14.0. The second kappa shape index (κ2) is 6.52. The highest BCUT2D eigenvalue weighted by molar-refractivity contribution is 6.08. The van der Waals surface area contributed by atoms with Crippen LogP contribution in [0.2, 0.25) is 0 Å². The number of benzene rings is 1. The van der Waals surface area contributed by atoms with Crippen LogP contribution in [-0.4, -0.2) is 28.7 Å². The third-order valence-electron chi connectivity index (χ3n) is 4.72. The van der Waals surface area contributed by atoms with Gasteiger partial charge in [0.2, 0.25) is 11.8 Å². The normalized spacial score (nSPS) is 22.6. The van der Waals surface area contributed by atoms with Gasteiger partial charge in [0, 0.05) is 6.42 Å². The molecule has 5 nitrogen and oxygen atoms in total. The third-order valence-corrected chi connectivity index (χ3v) is 4.72. The molecule has 1 aliphatic heterocycles. The van der Waals surface area contributed by atoms with Gasteiger partial charge in [0.25, 0.3) is 0 Å². The Labute approximate surface area is 136 Å². The van der Waals surface area contributed by atoms with Crippen LogP contribution in [0, 0.1) is 11.3 Å². The summed E-state index contributed by atoms with van der Waals surface area (Å²) < 4.78 is 5.24. The van der Waals surface area contributed by atoms with Crippen LogP contribution in [0.15, 0.2) is 30.3 Å². The van der Waals surface area contributed by atoms with E-state index < -0.39 is 17.4 Å². The van der Waals surface area contributed by atoms with Gasteiger partial charge < -0.3 is 4.74 Å². The SMILES string of the molecule is CC(C(=O)OCc1ccccc1)N1C(=O)CC(C)(C(C)C)C1=O. The van der Waals surface area contributed by atoms with Gasteiger partial charge in [-0.25, -0.2) is 4.79 Å². The van der Waals surface area contributed by atoms with Gasteiger partial charge in [-0.1, -0.05) is 44.2 Å². The Kier molecular flexibility index (Phi) is 4.88. The monoisotopic (exact) mass is 317 g/mol. The van der Waals surface area contributed by atoms with E-state index in [1.807, 2.05) is 44.2 Å². The van der Waals surface area contributed by atoms with Gasteiger partial charge in [-0.15, -0.1) is 0 Å². The van der Waals surface area contributed by atoms with Crippen molar-refractivity contribution in [2.24, 2.45) is 11.3 Å². The first-order valence-corrected chi connectivity index (χ1v) is 7.84. The lowest BCUT2D eigenvalue weighted by atomic mass is 9.78. The molecule has 1 saturated heterocycles. The zero-order chi connectivity index (χ0) is 17.2. The molecule has 1 heterocycles. The Morgan fingerprint density at radius 2 is 1.83 bits per heavy atom. The summed E-state index contributed by atoms with van der Waals surface area (Å²) in [6.07, 6.45) is 0.139. The highest BCUT2D eigenvalue weighted by atomic mass is 16.5. The maximum absolute atomic E-state index is 12.6. The van der Waals surface area contributed by atoms with E-state index in [4.69, 9.17) is 4.74 Å². The number of imide groups is 1. The lowest BCUT2D eigenvalue weighted by Gasteiger charge is -2.27. The van der Waals surface area contributed by atoms with Crippen molar-refractivity contribution in [1.82, 2.24) is 4.90 Å². The molecular formula is C18H23NO4. The van der Waals surface area contributed by atoms with Gasteiger partial charge >= 0.3 is 5.97 Å². The first kappa shape index (κ1) is 17.2. The first-order valence-electron chi connectivity index (χ1n) is 7.84. The van der Waals surface area contributed by atoms with E-state index in [0.29, 0.717) is 0 Å². The van der Waals surface area contributed by atoms with Crippen molar-refractivity contribution in [3.63, 3.8) is 0 Å². The lowest BCUT2D eigenvalue weighted by molar-refractivity contribution is -0.159. The highest BCUT2D eigenvalue weighted by Gasteiger charge is 2.52. The van der Waals surface area contributed by atoms with Crippen LogP contribution >= 0.6 is 0 Å². The Morgan fingerprint density at radius 1 is 1.22 bits per heavy atom. The molecular weight excluding hydrogens is 294 g/mol. The smallest absolute Gasteiger partial charge is 0.329 e. The Balaban J connectivity index is 2.05. The van der Waals surface area contributed by atoms with E-state index in [1.54, 1.807) is 6.92 Å². The van der Waals surface area contributed by atoms with Crippen LogP contribution in [-0.2, 0) is 25.7 Å². The second-order valence-electron chi connectivity index (χ2n) is 6.59. The molecule has 2 atom stereocenters. The molecule has 0 spiro atoms. The maximum Gasteiger partial charge on any atom is 0.329 e. The number of hydrogen-bond acceptors (Lipinski definition) is 4. The fourth-order valence-corrected chi connectivity index (χ4v) is 2.66. The van der Waals surface area contributed by atoms with E-state index in [1.165, 1.54) is 6.92 Å². The standard InChI is InChI=1S/C18H23NO4/c1-12(2)18(4)10-15(20)19(17(18)22)13(3)16(21)23-11-14-8-6-5-7-9-14/h5-9,12-13H,10-11H2,1-4H3. The summed E-state index contributed by atoms with van der Waals surface area (Å²) in [6, 6.07) is 8.38. The molecule has 0 bridgehead atoms. The number of ether oxygens (including phenoxy) is 1. The predicted molar refractivity (Wildman–Crippen MR) is 85.1 cm³/mol.